The molecule has 0 saturated carbocycles. The summed E-state index contributed by atoms with van der Waals surface area (Å²) < 4.78 is 32.3. The van der Waals surface area contributed by atoms with Gasteiger partial charge in [-0.05, 0) is 37.0 Å². The number of rotatable bonds is 5. The molecule has 0 radical (unpaired) electrons. The Bertz CT molecular complexity index is 687. The highest BCUT2D eigenvalue weighted by Gasteiger charge is 2.54. The van der Waals surface area contributed by atoms with Crippen molar-refractivity contribution in [1.29, 1.82) is 0 Å². The molecule has 6 nitrogen and oxygen atoms in total. The quantitative estimate of drug-likeness (QED) is 0.886. The van der Waals surface area contributed by atoms with Crippen LogP contribution in [0.1, 0.15) is 24.8 Å². The Morgan fingerprint density at radius 3 is 2.82 bits per heavy atom. The number of carboxylic acid groups (broad SMARTS) is 1. The van der Waals surface area contributed by atoms with Crippen molar-refractivity contribution in [3.63, 3.8) is 0 Å². The van der Waals surface area contributed by atoms with Crippen molar-refractivity contribution in [2.24, 2.45) is 5.92 Å². The van der Waals surface area contributed by atoms with Crippen LogP contribution >= 0.6 is 0 Å². The monoisotopic (exact) mass is 325 g/mol. The smallest absolute Gasteiger partial charge is 0.308 e. The SMILES string of the molecule is COCc1cccc(S(=O)(=O)N2[C@H]3CC[C@H]2[C@H](C(=O)O)C3)c1. The van der Waals surface area contributed by atoms with Crippen molar-refractivity contribution in [2.45, 2.75) is 42.8 Å². The number of fused-ring (bicyclic) bond motifs is 2. The van der Waals surface area contributed by atoms with Gasteiger partial charge in [0.1, 0.15) is 0 Å². The molecular weight excluding hydrogens is 306 g/mol. The molecule has 120 valence electrons. The predicted octanol–water partition coefficient (Wildman–Crippen LogP) is 1.46. The zero-order valence-electron chi connectivity index (χ0n) is 12.3. The number of ether oxygens (including phenoxy) is 1. The van der Waals surface area contributed by atoms with Crippen LogP contribution in [0.5, 0.6) is 0 Å². The third kappa shape index (κ3) is 2.43. The Balaban J connectivity index is 1.94. The van der Waals surface area contributed by atoms with Gasteiger partial charge in [-0.1, -0.05) is 12.1 Å². The molecule has 7 heteroatoms. The standard InChI is InChI=1S/C15H19NO5S/c1-21-9-10-3-2-4-12(7-10)22(19,20)16-11-5-6-14(16)13(8-11)15(17)18/h2-4,7,11,13-14H,5-6,8-9H2,1H3,(H,17,18)/t11-,13+,14-/m0/s1. The van der Waals surface area contributed by atoms with Crippen LogP contribution < -0.4 is 0 Å². The fraction of sp³-hybridized carbons (Fsp3) is 0.533. The lowest BCUT2D eigenvalue weighted by Crippen LogP contribution is -2.37. The van der Waals surface area contributed by atoms with E-state index in [0.29, 0.717) is 19.4 Å². The number of sulfonamides is 1. The van der Waals surface area contributed by atoms with Gasteiger partial charge in [-0.3, -0.25) is 4.79 Å². The molecule has 0 spiro atoms. The molecule has 2 heterocycles. The fourth-order valence-electron chi connectivity index (χ4n) is 3.66. The highest BCUT2D eigenvalue weighted by molar-refractivity contribution is 7.89. The van der Waals surface area contributed by atoms with Gasteiger partial charge in [0.15, 0.2) is 0 Å². The van der Waals surface area contributed by atoms with Crippen LogP contribution in [0.4, 0.5) is 0 Å². The Morgan fingerprint density at radius 1 is 1.41 bits per heavy atom. The lowest BCUT2D eigenvalue weighted by molar-refractivity contribution is -0.142. The molecule has 22 heavy (non-hydrogen) atoms. The van der Waals surface area contributed by atoms with Crippen LogP contribution in [0, 0.1) is 5.92 Å². The van der Waals surface area contributed by atoms with Gasteiger partial charge in [0.25, 0.3) is 0 Å². The van der Waals surface area contributed by atoms with E-state index >= 15 is 0 Å². The summed E-state index contributed by atoms with van der Waals surface area (Å²) in [6.07, 6.45) is 1.78. The van der Waals surface area contributed by atoms with Gasteiger partial charge in [-0.15, -0.1) is 0 Å². The predicted molar refractivity (Wildman–Crippen MR) is 78.7 cm³/mol. The van der Waals surface area contributed by atoms with E-state index in [0.717, 1.165) is 12.0 Å². The minimum atomic E-state index is -3.67. The number of methoxy groups -OCH3 is 1. The average molecular weight is 325 g/mol. The lowest BCUT2D eigenvalue weighted by Gasteiger charge is -2.22. The van der Waals surface area contributed by atoms with Crippen molar-refractivity contribution in [1.82, 2.24) is 4.31 Å². The molecule has 1 aromatic carbocycles. The topological polar surface area (TPSA) is 83.9 Å². The molecule has 2 fully saturated rings. The molecule has 1 N–H and O–H groups in total. The number of carboxylic acids is 1. The number of hydrogen-bond acceptors (Lipinski definition) is 4. The third-order valence-electron chi connectivity index (χ3n) is 4.57. The molecule has 2 saturated heterocycles. The van der Waals surface area contributed by atoms with E-state index in [1.54, 1.807) is 31.4 Å². The van der Waals surface area contributed by atoms with Crippen molar-refractivity contribution in [2.75, 3.05) is 7.11 Å². The minimum absolute atomic E-state index is 0.192. The zero-order valence-corrected chi connectivity index (χ0v) is 13.1. The molecule has 2 aliphatic rings. The van der Waals surface area contributed by atoms with E-state index in [9.17, 15) is 18.3 Å². The largest absolute Gasteiger partial charge is 0.481 e. The van der Waals surface area contributed by atoms with Crippen LogP contribution in [0.25, 0.3) is 0 Å². The summed E-state index contributed by atoms with van der Waals surface area (Å²) in [5, 5.41) is 9.27. The van der Waals surface area contributed by atoms with Gasteiger partial charge >= 0.3 is 5.97 Å². The van der Waals surface area contributed by atoms with E-state index in [-0.39, 0.29) is 10.9 Å². The van der Waals surface area contributed by atoms with Crippen LogP contribution in [-0.4, -0.2) is 43.0 Å². The maximum absolute atomic E-state index is 12.9. The Morgan fingerprint density at radius 2 is 2.18 bits per heavy atom. The second-order valence-electron chi connectivity index (χ2n) is 5.89. The third-order valence-corrected chi connectivity index (χ3v) is 6.55. The summed E-state index contributed by atoms with van der Waals surface area (Å²) in [5.74, 6) is -1.49. The molecule has 0 aromatic heterocycles. The first-order valence-electron chi connectivity index (χ1n) is 7.29. The Hall–Kier alpha value is -1.44. The van der Waals surface area contributed by atoms with E-state index in [1.165, 1.54) is 4.31 Å². The molecule has 0 unspecified atom stereocenters. The van der Waals surface area contributed by atoms with Crippen molar-refractivity contribution < 1.29 is 23.1 Å². The highest BCUT2D eigenvalue weighted by atomic mass is 32.2. The molecule has 3 rings (SSSR count). The lowest BCUT2D eigenvalue weighted by atomic mass is 9.89. The summed E-state index contributed by atoms with van der Waals surface area (Å²) in [4.78, 5) is 11.5. The highest BCUT2D eigenvalue weighted by Crippen LogP contribution is 2.45. The van der Waals surface area contributed by atoms with E-state index in [1.807, 2.05) is 0 Å². The Labute approximate surface area is 129 Å². The van der Waals surface area contributed by atoms with E-state index in [4.69, 9.17) is 4.74 Å². The van der Waals surface area contributed by atoms with E-state index < -0.39 is 28.0 Å². The molecule has 0 aliphatic carbocycles. The second kappa shape index (κ2) is 5.64. The fourth-order valence-corrected chi connectivity index (χ4v) is 5.65. The normalized spacial score (nSPS) is 28.1. The maximum atomic E-state index is 12.9. The van der Waals surface area contributed by atoms with Gasteiger partial charge in [0.05, 0.1) is 17.4 Å². The first kappa shape index (κ1) is 15.5. The first-order chi connectivity index (χ1) is 10.4. The first-order valence-corrected chi connectivity index (χ1v) is 8.73. The summed E-state index contributed by atoms with van der Waals surface area (Å²) in [7, 11) is -2.11. The van der Waals surface area contributed by atoms with Gasteiger partial charge < -0.3 is 9.84 Å². The molecule has 0 amide bonds. The minimum Gasteiger partial charge on any atom is -0.481 e. The average Bonchev–Trinajstić information content (AvgIpc) is 3.06. The van der Waals surface area contributed by atoms with Crippen LogP contribution in [0.15, 0.2) is 29.2 Å². The number of aliphatic carboxylic acids is 1. The number of carbonyl (C=O) groups is 1. The summed E-state index contributed by atoms with van der Waals surface area (Å²) >= 11 is 0. The van der Waals surface area contributed by atoms with Gasteiger partial charge in [0.2, 0.25) is 10.0 Å². The van der Waals surface area contributed by atoms with Gasteiger partial charge in [0, 0.05) is 19.2 Å². The van der Waals surface area contributed by atoms with Crippen molar-refractivity contribution >= 4 is 16.0 Å². The van der Waals surface area contributed by atoms with Crippen molar-refractivity contribution in [3.8, 4) is 0 Å². The van der Waals surface area contributed by atoms with Gasteiger partial charge in [-0.25, -0.2) is 8.42 Å². The summed E-state index contributed by atoms with van der Waals surface area (Å²) in [6, 6.07) is 6.05. The van der Waals surface area contributed by atoms with Crippen molar-refractivity contribution in [3.05, 3.63) is 29.8 Å². The van der Waals surface area contributed by atoms with Crippen LogP contribution in [0.2, 0.25) is 0 Å². The number of nitrogens with zero attached hydrogens (tertiary/aromatic N) is 1. The molecule has 1 aromatic rings. The molecular formula is C15H19NO5S. The summed E-state index contributed by atoms with van der Waals surface area (Å²) in [5.41, 5.74) is 0.782. The number of benzene rings is 1. The van der Waals surface area contributed by atoms with E-state index in [2.05, 4.69) is 0 Å². The second-order valence-corrected chi connectivity index (χ2v) is 7.74. The zero-order chi connectivity index (χ0) is 15.9. The number of hydrogen-bond donors (Lipinski definition) is 1. The molecule has 2 bridgehead atoms. The molecule has 2 aliphatic heterocycles. The van der Waals surface area contributed by atoms with Crippen LogP contribution in [-0.2, 0) is 26.2 Å². The van der Waals surface area contributed by atoms with Gasteiger partial charge in [-0.2, -0.15) is 4.31 Å². The summed E-state index contributed by atoms with van der Waals surface area (Å²) in [6.45, 7) is 0.341. The Kier molecular flexibility index (Phi) is 3.96. The van der Waals surface area contributed by atoms with Crippen LogP contribution in [0.3, 0.4) is 0 Å². The molecule has 3 atom stereocenters. The maximum Gasteiger partial charge on any atom is 0.308 e.